The normalized spacial score (nSPS) is 11.1. The molecule has 0 fully saturated rings. The number of rotatable bonds is 6. The van der Waals surface area contributed by atoms with Gasteiger partial charge in [0.15, 0.2) is 0 Å². The fraction of sp³-hybridized carbons (Fsp3) is 0.217. The molecule has 31 heavy (non-hydrogen) atoms. The Morgan fingerprint density at radius 3 is 2.65 bits per heavy atom. The Morgan fingerprint density at radius 1 is 1.16 bits per heavy atom. The summed E-state index contributed by atoms with van der Waals surface area (Å²) in [5.74, 6) is -0.503. The molecule has 4 aromatic rings. The summed E-state index contributed by atoms with van der Waals surface area (Å²) in [6.45, 7) is 2.20. The fourth-order valence-electron chi connectivity index (χ4n) is 3.50. The summed E-state index contributed by atoms with van der Waals surface area (Å²) >= 11 is 0. The molecular weight excluding hydrogens is 399 g/mol. The largest absolute Gasteiger partial charge is 0.335 e. The third kappa shape index (κ3) is 3.96. The first kappa shape index (κ1) is 20.5. The van der Waals surface area contributed by atoms with Crippen LogP contribution in [0.3, 0.4) is 0 Å². The highest BCUT2D eigenvalue weighted by Crippen LogP contribution is 2.24. The molecule has 0 radical (unpaired) electrons. The van der Waals surface area contributed by atoms with Gasteiger partial charge in [0.05, 0.1) is 0 Å². The second-order valence-electron chi connectivity index (χ2n) is 7.15. The Bertz CT molecular complexity index is 1290. The molecule has 7 nitrogen and oxygen atoms in total. The van der Waals surface area contributed by atoms with Crippen molar-refractivity contribution in [3.63, 3.8) is 0 Å². The molecule has 1 amide bonds. The molecule has 4 rings (SSSR count). The van der Waals surface area contributed by atoms with E-state index in [9.17, 15) is 14.0 Å². The first-order valence-electron chi connectivity index (χ1n) is 9.94. The van der Waals surface area contributed by atoms with Crippen LogP contribution in [0.2, 0.25) is 0 Å². The number of hydrogen-bond donors (Lipinski definition) is 0. The molecule has 0 saturated carbocycles. The molecule has 0 aliphatic rings. The number of halogens is 1. The first-order valence-corrected chi connectivity index (χ1v) is 9.94. The van der Waals surface area contributed by atoms with Crippen molar-refractivity contribution < 1.29 is 13.7 Å². The highest BCUT2D eigenvalue weighted by molar-refractivity contribution is 5.93. The summed E-state index contributed by atoms with van der Waals surface area (Å²) in [5.41, 5.74) is 2.50. The highest BCUT2D eigenvalue weighted by atomic mass is 19.1. The predicted molar refractivity (Wildman–Crippen MR) is 115 cm³/mol. The van der Waals surface area contributed by atoms with Gasteiger partial charge in [0.2, 0.25) is 5.91 Å². The zero-order valence-corrected chi connectivity index (χ0v) is 17.2. The van der Waals surface area contributed by atoms with Crippen molar-refractivity contribution in [2.45, 2.75) is 26.3 Å². The quantitative estimate of drug-likeness (QED) is 0.474. The maximum Gasteiger partial charge on any atom is 0.266 e. The number of para-hydroxylation sites is 1. The highest BCUT2D eigenvalue weighted by Gasteiger charge is 2.18. The van der Waals surface area contributed by atoms with Crippen molar-refractivity contribution >= 4 is 22.7 Å². The topological polar surface area (TPSA) is 81.2 Å². The molecule has 0 bridgehead atoms. The van der Waals surface area contributed by atoms with E-state index in [0.717, 1.165) is 17.7 Å². The van der Waals surface area contributed by atoms with Gasteiger partial charge in [-0.3, -0.25) is 14.2 Å². The predicted octanol–water partition coefficient (Wildman–Crippen LogP) is 3.81. The van der Waals surface area contributed by atoms with E-state index >= 15 is 0 Å². The third-order valence-corrected chi connectivity index (χ3v) is 5.26. The van der Waals surface area contributed by atoms with Crippen LogP contribution in [0.4, 0.5) is 10.1 Å². The number of aryl methyl sites for hydroxylation is 2. The summed E-state index contributed by atoms with van der Waals surface area (Å²) in [5, 5.41) is 4.13. The third-order valence-electron chi connectivity index (χ3n) is 5.26. The molecule has 8 heteroatoms. The molecule has 2 heterocycles. The van der Waals surface area contributed by atoms with E-state index in [0.29, 0.717) is 11.3 Å². The van der Waals surface area contributed by atoms with Gasteiger partial charge < -0.3 is 9.42 Å². The minimum atomic E-state index is -0.389. The monoisotopic (exact) mass is 420 g/mol. The van der Waals surface area contributed by atoms with Crippen LogP contribution in [0, 0.1) is 5.82 Å². The lowest BCUT2D eigenvalue weighted by atomic mass is 10.1. The van der Waals surface area contributed by atoms with Crippen molar-refractivity contribution in [3.8, 4) is 11.3 Å². The number of nitrogens with zero attached hydrogens (tertiary/aromatic N) is 4. The summed E-state index contributed by atoms with van der Waals surface area (Å²) in [6, 6.07) is 13.3. The van der Waals surface area contributed by atoms with E-state index < -0.39 is 0 Å². The number of fused-ring (bicyclic) bond motifs is 1. The van der Waals surface area contributed by atoms with Crippen LogP contribution in [-0.4, -0.2) is 27.7 Å². The minimum absolute atomic E-state index is 0.0980. The average Bonchev–Trinajstić information content (AvgIpc) is 3.23. The summed E-state index contributed by atoms with van der Waals surface area (Å²) in [4.78, 5) is 31.5. The Labute approximate surface area is 177 Å². The van der Waals surface area contributed by atoms with E-state index in [4.69, 9.17) is 4.52 Å². The first-order chi connectivity index (χ1) is 15.0. The Hall–Kier alpha value is -3.81. The van der Waals surface area contributed by atoms with Crippen LogP contribution in [-0.2, 0) is 17.8 Å². The van der Waals surface area contributed by atoms with Gasteiger partial charge in [-0.15, -0.1) is 0 Å². The van der Waals surface area contributed by atoms with E-state index in [-0.39, 0.29) is 41.3 Å². The molecule has 0 unspecified atom stereocenters. The van der Waals surface area contributed by atoms with E-state index in [1.165, 1.54) is 35.2 Å². The maximum absolute atomic E-state index is 13.2. The SMILES string of the molecule is CCc1ccccc1N(C)C(=O)CCn1cnc2onc(-c3ccc(F)cc3)c2c1=O. The number of carbonyl (C=O) groups excluding carboxylic acids is 1. The lowest BCUT2D eigenvalue weighted by Gasteiger charge is -2.20. The van der Waals surface area contributed by atoms with Crippen LogP contribution >= 0.6 is 0 Å². The van der Waals surface area contributed by atoms with Gasteiger partial charge in [-0.25, -0.2) is 9.37 Å². The van der Waals surface area contributed by atoms with Crippen LogP contribution in [0.15, 0.2) is 64.2 Å². The number of amides is 1. The van der Waals surface area contributed by atoms with Gasteiger partial charge in [-0.05, 0) is 42.3 Å². The number of hydrogen-bond acceptors (Lipinski definition) is 5. The second kappa shape index (κ2) is 8.51. The molecule has 2 aromatic carbocycles. The van der Waals surface area contributed by atoms with Crippen molar-refractivity contribution in [1.29, 1.82) is 0 Å². The molecule has 0 aliphatic carbocycles. The van der Waals surface area contributed by atoms with Crippen LogP contribution in [0.5, 0.6) is 0 Å². The zero-order valence-electron chi connectivity index (χ0n) is 17.2. The van der Waals surface area contributed by atoms with Crippen LogP contribution in [0.1, 0.15) is 18.9 Å². The molecular formula is C23H21FN4O3. The summed E-state index contributed by atoms with van der Waals surface area (Å²) < 4.78 is 19.8. The van der Waals surface area contributed by atoms with Gasteiger partial charge in [-0.2, -0.15) is 0 Å². The van der Waals surface area contributed by atoms with Gasteiger partial charge in [0, 0.05) is 31.3 Å². The standard InChI is InChI=1S/C23H21FN4O3/c1-3-15-6-4-5-7-18(15)27(2)19(29)12-13-28-14-25-22-20(23(28)30)21(26-31-22)16-8-10-17(24)11-9-16/h4-11,14H,3,12-13H2,1-2H3. The fourth-order valence-corrected chi connectivity index (χ4v) is 3.50. The Balaban J connectivity index is 1.58. The van der Waals surface area contributed by atoms with Crippen molar-refractivity contribution in [2.24, 2.45) is 0 Å². The number of aromatic nitrogens is 3. The summed E-state index contributed by atoms with van der Waals surface area (Å²) in [7, 11) is 1.73. The molecule has 0 saturated heterocycles. The smallest absolute Gasteiger partial charge is 0.266 e. The van der Waals surface area contributed by atoms with Gasteiger partial charge in [0.1, 0.15) is 23.2 Å². The van der Waals surface area contributed by atoms with Gasteiger partial charge in [0.25, 0.3) is 11.3 Å². The lowest BCUT2D eigenvalue weighted by molar-refractivity contribution is -0.118. The zero-order chi connectivity index (χ0) is 22.0. The van der Waals surface area contributed by atoms with Gasteiger partial charge >= 0.3 is 0 Å². The van der Waals surface area contributed by atoms with Crippen molar-refractivity contribution in [1.82, 2.24) is 14.7 Å². The van der Waals surface area contributed by atoms with E-state index in [1.54, 1.807) is 11.9 Å². The van der Waals surface area contributed by atoms with Crippen LogP contribution < -0.4 is 10.5 Å². The average molecular weight is 420 g/mol. The maximum atomic E-state index is 13.2. The number of anilines is 1. The molecule has 0 atom stereocenters. The van der Waals surface area contributed by atoms with E-state index in [2.05, 4.69) is 10.1 Å². The van der Waals surface area contributed by atoms with E-state index in [1.807, 2.05) is 31.2 Å². The van der Waals surface area contributed by atoms with Crippen LogP contribution in [0.25, 0.3) is 22.4 Å². The molecule has 0 spiro atoms. The van der Waals surface area contributed by atoms with Crippen molar-refractivity contribution in [2.75, 3.05) is 11.9 Å². The van der Waals surface area contributed by atoms with Crippen molar-refractivity contribution in [3.05, 3.63) is 76.6 Å². The molecule has 158 valence electrons. The minimum Gasteiger partial charge on any atom is -0.335 e. The molecule has 0 aliphatic heterocycles. The second-order valence-corrected chi connectivity index (χ2v) is 7.15. The molecule has 0 N–H and O–H groups in total. The Kier molecular flexibility index (Phi) is 5.62. The number of benzene rings is 2. The lowest BCUT2D eigenvalue weighted by Crippen LogP contribution is -2.30. The Morgan fingerprint density at radius 2 is 1.90 bits per heavy atom. The number of carbonyl (C=O) groups is 1. The summed E-state index contributed by atoms with van der Waals surface area (Å²) in [6.07, 6.45) is 2.28. The molecule has 2 aromatic heterocycles. The van der Waals surface area contributed by atoms with Gasteiger partial charge in [-0.1, -0.05) is 30.3 Å².